The van der Waals surface area contributed by atoms with Crippen LogP contribution in [0.25, 0.3) is 0 Å². The lowest BCUT2D eigenvalue weighted by Crippen LogP contribution is -2.37. The number of hydrogen-bond donors (Lipinski definition) is 4. The third-order valence-corrected chi connectivity index (χ3v) is 3.98. The zero-order valence-electron chi connectivity index (χ0n) is 16.1. The first kappa shape index (κ1) is 22.0. The molecular formula is C20H25N3O6. The van der Waals surface area contributed by atoms with Gasteiger partial charge in [0.05, 0.1) is 18.5 Å². The minimum absolute atomic E-state index is 0.0249. The van der Waals surface area contributed by atoms with E-state index in [9.17, 15) is 19.8 Å². The quantitative estimate of drug-likeness (QED) is 0.401. The zero-order valence-corrected chi connectivity index (χ0v) is 16.1. The Labute approximate surface area is 168 Å². The molecule has 1 atom stereocenters. The number of hydroxylamine groups is 2. The van der Waals surface area contributed by atoms with E-state index in [1.54, 1.807) is 24.3 Å². The number of nitrogens with two attached hydrogens (primary N) is 2. The maximum Gasteiger partial charge on any atom is 0.252 e. The Morgan fingerprint density at radius 2 is 1.76 bits per heavy atom. The number of hydrogen-bond acceptors (Lipinski definition) is 7. The average molecular weight is 403 g/mol. The van der Waals surface area contributed by atoms with Crippen LogP contribution in [-0.2, 0) is 11.2 Å². The number of aromatic hydroxyl groups is 1. The van der Waals surface area contributed by atoms with E-state index in [4.69, 9.17) is 21.0 Å². The molecule has 2 aromatic rings. The molecule has 0 aromatic heterocycles. The molecular weight excluding hydrogens is 378 g/mol. The van der Waals surface area contributed by atoms with Gasteiger partial charge in [-0.25, -0.2) is 0 Å². The van der Waals surface area contributed by atoms with Gasteiger partial charge in [-0.3, -0.25) is 9.59 Å². The van der Waals surface area contributed by atoms with Gasteiger partial charge in [0.25, 0.3) is 5.91 Å². The monoisotopic (exact) mass is 403 g/mol. The number of aliphatic hydroxyl groups excluding tert-OH is 1. The molecule has 0 heterocycles. The molecule has 9 heteroatoms. The van der Waals surface area contributed by atoms with Gasteiger partial charge in [-0.05, 0) is 42.8 Å². The minimum Gasteiger partial charge on any atom is -0.507 e. The summed E-state index contributed by atoms with van der Waals surface area (Å²) in [5.74, 6) is -0.567. The molecule has 2 rings (SSSR count). The molecule has 0 fully saturated rings. The molecule has 2 amide bonds. The van der Waals surface area contributed by atoms with Crippen molar-refractivity contribution in [2.75, 3.05) is 19.7 Å². The lowest BCUT2D eigenvalue weighted by molar-refractivity contribution is -0.117. The predicted molar refractivity (Wildman–Crippen MR) is 105 cm³/mol. The van der Waals surface area contributed by atoms with Crippen LogP contribution in [0.5, 0.6) is 17.2 Å². The molecule has 0 saturated heterocycles. The Hall–Kier alpha value is -3.30. The normalized spacial score (nSPS) is 11.8. The molecule has 156 valence electrons. The van der Waals surface area contributed by atoms with Gasteiger partial charge >= 0.3 is 0 Å². The van der Waals surface area contributed by atoms with Gasteiger partial charge in [0, 0.05) is 6.54 Å². The molecule has 0 saturated carbocycles. The van der Waals surface area contributed by atoms with Crippen LogP contribution < -0.4 is 21.0 Å². The van der Waals surface area contributed by atoms with Gasteiger partial charge in [-0.1, -0.05) is 12.1 Å². The summed E-state index contributed by atoms with van der Waals surface area (Å²) in [7, 11) is 0. The fourth-order valence-corrected chi connectivity index (χ4v) is 2.53. The van der Waals surface area contributed by atoms with Crippen molar-refractivity contribution >= 4 is 11.8 Å². The number of phenols is 1. The minimum atomic E-state index is -0.854. The number of benzene rings is 2. The SMILES string of the molecule is CCN(CC(O)COc1ccc(CC(N)=O)cc1)Oc1ccc(O)c(C(N)=O)c1. The highest BCUT2D eigenvalue weighted by atomic mass is 16.7. The number of primary amides is 2. The first-order valence-electron chi connectivity index (χ1n) is 9.02. The van der Waals surface area contributed by atoms with Gasteiger partial charge in [0.2, 0.25) is 5.91 Å². The fourth-order valence-electron chi connectivity index (χ4n) is 2.53. The third kappa shape index (κ3) is 6.98. The summed E-state index contributed by atoms with van der Waals surface area (Å²) in [6.45, 7) is 2.45. The van der Waals surface area contributed by atoms with Gasteiger partial charge in [0.1, 0.15) is 30.0 Å². The summed E-state index contributed by atoms with van der Waals surface area (Å²) < 4.78 is 5.55. The van der Waals surface area contributed by atoms with Crippen LogP contribution in [0.2, 0.25) is 0 Å². The number of carbonyl (C=O) groups excluding carboxylic acids is 2. The molecule has 0 spiro atoms. The van der Waals surface area contributed by atoms with Crippen LogP contribution in [0.3, 0.4) is 0 Å². The smallest absolute Gasteiger partial charge is 0.252 e. The van der Waals surface area contributed by atoms with Crippen molar-refractivity contribution in [1.82, 2.24) is 5.06 Å². The second kappa shape index (κ2) is 10.3. The lowest BCUT2D eigenvalue weighted by atomic mass is 10.1. The average Bonchev–Trinajstić information content (AvgIpc) is 2.67. The Kier molecular flexibility index (Phi) is 7.81. The van der Waals surface area contributed by atoms with Crippen LogP contribution in [-0.4, -0.2) is 52.9 Å². The molecule has 1 unspecified atom stereocenters. The first-order valence-corrected chi connectivity index (χ1v) is 9.02. The Balaban J connectivity index is 1.88. The summed E-state index contributed by atoms with van der Waals surface area (Å²) in [6.07, 6.45) is -0.701. The van der Waals surface area contributed by atoms with E-state index in [1.165, 1.54) is 23.3 Å². The van der Waals surface area contributed by atoms with Gasteiger partial charge < -0.3 is 31.3 Å². The van der Waals surface area contributed by atoms with Crippen molar-refractivity contribution in [2.45, 2.75) is 19.4 Å². The largest absolute Gasteiger partial charge is 0.507 e. The second-order valence-corrected chi connectivity index (χ2v) is 6.37. The number of ether oxygens (including phenoxy) is 1. The molecule has 0 aliphatic rings. The number of aliphatic hydroxyl groups is 1. The number of rotatable bonds is 11. The van der Waals surface area contributed by atoms with Crippen LogP contribution in [0.4, 0.5) is 0 Å². The molecule has 0 aliphatic carbocycles. The summed E-state index contributed by atoms with van der Waals surface area (Å²) in [5.41, 5.74) is 11.1. The second-order valence-electron chi connectivity index (χ2n) is 6.37. The van der Waals surface area contributed by atoms with E-state index in [0.717, 1.165) is 5.56 Å². The van der Waals surface area contributed by atoms with E-state index in [-0.39, 0.29) is 30.9 Å². The molecule has 0 radical (unpaired) electrons. The Morgan fingerprint density at radius 3 is 2.34 bits per heavy atom. The molecule has 9 nitrogen and oxygen atoms in total. The zero-order chi connectivity index (χ0) is 21.4. The van der Waals surface area contributed by atoms with Crippen molar-refractivity contribution in [3.63, 3.8) is 0 Å². The number of amides is 2. The third-order valence-electron chi connectivity index (χ3n) is 3.98. The highest BCUT2D eigenvalue weighted by molar-refractivity contribution is 5.95. The fraction of sp³-hybridized carbons (Fsp3) is 0.300. The first-order chi connectivity index (χ1) is 13.8. The van der Waals surface area contributed by atoms with Crippen molar-refractivity contribution < 1.29 is 29.4 Å². The van der Waals surface area contributed by atoms with Crippen LogP contribution in [0.15, 0.2) is 42.5 Å². The van der Waals surface area contributed by atoms with Crippen molar-refractivity contribution in [2.24, 2.45) is 11.5 Å². The molecule has 2 aromatic carbocycles. The molecule has 29 heavy (non-hydrogen) atoms. The van der Waals surface area contributed by atoms with E-state index in [0.29, 0.717) is 18.0 Å². The van der Waals surface area contributed by atoms with Crippen LogP contribution >= 0.6 is 0 Å². The summed E-state index contributed by atoms with van der Waals surface area (Å²) in [5, 5.41) is 21.3. The number of carbonyl (C=O) groups is 2. The molecule has 0 bridgehead atoms. The van der Waals surface area contributed by atoms with Gasteiger partial charge in [-0.2, -0.15) is 0 Å². The molecule has 6 N–H and O–H groups in total. The van der Waals surface area contributed by atoms with Crippen LogP contribution in [0, 0.1) is 0 Å². The number of nitrogens with zero attached hydrogens (tertiary/aromatic N) is 1. The van der Waals surface area contributed by atoms with Crippen molar-refractivity contribution in [3.8, 4) is 17.2 Å². The van der Waals surface area contributed by atoms with Crippen LogP contribution in [0.1, 0.15) is 22.8 Å². The van der Waals surface area contributed by atoms with Crippen molar-refractivity contribution in [3.05, 3.63) is 53.6 Å². The predicted octanol–water partition coefficient (Wildman–Crippen LogP) is 0.575. The molecule has 0 aliphatic heterocycles. The van der Waals surface area contributed by atoms with E-state index >= 15 is 0 Å². The van der Waals surface area contributed by atoms with Gasteiger partial charge in [-0.15, -0.1) is 5.06 Å². The van der Waals surface area contributed by atoms with Crippen molar-refractivity contribution in [1.29, 1.82) is 0 Å². The Morgan fingerprint density at radius 1 is 1.10 bits per heavy atom. The summed E-state index contributed by atoms with van der Waals surface area (Å²) in [4.78, 5) is 27.9. The lowest BCUT2D eigenvalue weighted by Gasteiger charge is -2.24. The maximum atomic E-state index is 11.3. The van der Waals surface area contributed by atoms with E-state index < -0.39 is 17.9 Å². The highest BCUT2D eigenvalue weighted by Gasteiger charge is 2.15. The van der Waals surface area contributed by atoms with E-state index in [1.807, 2.05) is 6.92 Å². The summed E-state index contributed by atoms with van der Waals surface area (Å²) in [6, 6.07) is 11.0. The highest BCUT2D eigenvalue weighted by Crippen LogP contribution is 2.23. The van der Waals surface area contributed by atoms with E-state index in [2.05, 4.69) is 0 Å². The standard InChI is InChI=1S/C20H25N3O6/c1-2-23(29-16-7-8-18(25)17(10-16)20(22)27)11-14(24)12-28-15-5-3-13(4-6-15)9-19(21)26/h3-8,10,14,24-25H,2,9,11-12H2,1H3,(H2,21,26)(H2,22,27). The maximum absolute atomic E-state index is 11.3. The number of likely N-dealkylation sites (N-methyl/N-ethyl adjacent to an activating group) is 1. The Bertz CT molecular complexity index is 841. The van der Waals surface area contributed by atoms with Gasteiger partial charge in [0.15, 0.2) is 0 Å². The topological polar surface area (TPSA) is 148 Å². The summed E-state index contributed by atoms with van der Waals surface area (Å²) >= 11 is 0.